The van der Waals surface area contributed by atoms with E-state index in [1.54, 1.807) is 27.7 Å². The smallest absolute Gasteiger partial charge is 0.357 e. The fraction of sp³-hybridized carbons (Fsp3) is 0.364. The molecule has 0 aromatic carbocycles. The highest BCUT2D eigenvalue weighted by molar-refractivity contribution is 6.22. The fourth-order valence-corrected chi connectivity index (χ4v) is 3.69. The number of carbonyl (C=O) groups excluding carboxylic acids is 4. The van der Waals surface area contributed by atoms with Crippen LogP contribution in [0.1, 0.15) is 69.4 Å². The molecule has 0 aliphatic carbocycles. The predicted molar refractivity (Wildman–Crippen MR) is 122 cm³/mol. The maximum Gasteiger partial charge on any atom is 0.357 e. The molecule has 188 valence electrons. The molecule has 14 heteroatoms. The van der Waals surface area contributed by atoms with Gasteiger partial charge in [-0.3, -0.25) is 0 Å². The van der Waals surface area contributed by atoms with E-state index in [4.69, 9.17) is 18.9 Å². The first-order valence-corrected chi connectivity index (χ1v) is 11.1. The van der Waals surface area contributed by atoms with Crippen molar-refractivity contribution < 1.29 is 38.1 Å². The lowest BCUT2D eigenvalue weighted by Gasteiger charge is -2.17. The Morgan fingerprint density at radius 3 is 2.03 bits per heavy atom. The number of carbonyl (C=O) groups is 4. The third-order valence-electron chi connectivity index (χ3n) is 5.00. The molecule has 36 heavy (non-hydrogen) atoms. The average Bonchev–Trinajstić information content (AvgIpc) is 3.32. The van der Waals surface area contributed by atoms with Crippen molar-refractivity contribution in [1.29, 1.82) is 0 Å². The molecule has 1 N–H and O–H groups in total. The van der Waals surface area contributed by atoms with Crippen molar-refractivity contribution in [2.45, 2.75) is 27.7 Å². The molecule has 0 saturated carbocycles. The summed E-state index contributed by atoms with van der Waals surface area (Å²) in [6, 6.07) is 0. The summed E-state index contributed by atoms with van der Waals surface area (Å²) in [5.41, 5.74) is -1.38. The number of pyridine rings is 2. The molecule has 0 amide bonds. The largest absolute Gasteiger partial charge is 0.462 e. The Morgan fingerprint density at radius 2 is 1.39 bits per heavy atom. The highest BCUT2D eigenvalue weighted by Crippen LogP contribution is 2.33. The van der Waals surface area contributed by atoms with E-state index in [-0.39, 0.29) is 76.8 Å². The van der Waals surface area contributed by atoms with Gasteiger partial charge in [-0.05, 0) is 27.7 Å². The topological polar surface area (TPSA) is 177 Å². The number of fused-ring (bicyclic) bond motifs is 2. The van der Waals surface area contributed by atoms with Gasteiger partial charge in [-0.15, -0.1) is 0 Å². The molecule has 4 aromatic rings. The second kappa shape index (κ2) is 9.93. The summed E-state index contributed by atoms with van der Waals surface area (Å²) in [5, 5.41) is 4.21. The Labute approximate surface area is 202 Å². The van der Waals surface area contributed by atoms with Crippen LogP contribution >= 0.6 is 0 Å². The first-order valence-electron chi connectivity index (χ1n) is 11.1. The Bertz CT molecular complexity index is 1520. The van der Waals surface area contributed by atoms with Crippen molar-refractivity contribution in [1.82, 2.24) is 29.5 Å². The van der Waals surface area contributed by atoms with Crippen LogP contribution in [-0.4, -0.2) is 79.9 Å². The third-order valence-corrected chi connectivity index (χ3v) is 5.00. The minimum Gasteiger partial charge on any atom is -0.462 e. The zero-order valence-electron chi connectivity index (χ0n) is 19.9. The monoisotopic (exact) mass is 498 g/mol. The number of aromatic amines is 1. The SMILES string of the molecule is CCOC(=O)c1nc2c3c(nc4ncnn42)c(C(=O)OCC)c(C(=O)OCC)[nH]c3c1C(=O)OCC. The van der Waals surface area contributed by atoms with Crippen LogP contribution in [0.2, 0.25) is 0 Å². The van der Waals surface area contributed by atoms with Gasteiger partial charge in [0.2, 0.25) is 0 Å². The summed E-state index contributed by atoms with van der Waals surface area (Å²) in [7, 11) is 0. The van der Waals surface area contributed by atoms with Gasteiger partial charge in [-0.2, -0.15) is 14.6 Å². The number of hydrogen-bond donors (Lipinski definition) is 1. The molecule has 4 rings (SSSR count). The number of nitrogens with one attached hydrogen (secondary N) is 1. The molecule has 0 bridgehead atoms. The molecular formula is C22H22N6O8. The molecule has 0 unspecified atom stereocenters. The summed E-state index contributed by atoms with van der Waals surface area (Å²) in [4.78, 5) is 67.5. The van der Waals surface area contributed by atoms with E-state index in [0.717, 1.165) is 0 Å². The number of rotatable bonds is 8. The minimum absolute atomic E-state index is 0.00486. The molecule has 0 aliphatic heterocycles. The van der Waals surface area contributed by atoms with Crippen LogP contribution in [0.3, 0.4) is 0 Å². The maximum absolute atomic E-state index is 13.1. The molecule has 0 atom stereocenters. The molecule has 4 heterocycles. The van der Waals surface area contributed by atoms with Crippen LogP contribution in [0, 0.1) is 0 Å². The highest BCUT2D eigenvalue weighted by Gasteiger charge is 2.33. The number of H-pyrrole nitrogens is 1. The molecule has 14 nitrogen and oxygen atoms in total. The molecule has 0 radical (unpaired) electrons. The second-order valence-corrected chi connectivity index (χ2v) is 7.10. The Morgan fingerprint density at radius 1 is 0.806 bits per heavy atom. The summed E-state index contributed by atoms with van der Waals surface area (Å²) >= 11 is 0. The quantitative estimate of drug-likeness (QED) is 0.276. The van der Waals surface area contributed by atoms with E-state index in [1.165, 1.54) is 10.8 Å². The van der Waals surface area contributed by atoms with Crippen LogP contribution in [0.4, 0.5) is 0 Å². The standard InChI is InChI=1S/C22H22N6O8/c1-5-33-18(29)11-13-10-14(12(19(30)34-6-2)15(25-13)20(31)35-7-3)27-22-23-9-24-28(22)17(10)26-16(11)21(32)36-8-4/h9,25H,5-8H2,1-4H3. The summed E-state index contributed by atoms with van der Waals surface area (Å²) in [6.45, 7) is 6.36. The van der Waals surface area contributed by atoms with Gasteiger partial charge >= 0.3 is 23.9 Å². The van der Waals surface area contributed by atoms with Crippen LogP contribution in [0.25, 0.3) is 27.8 Å². The van der Waals surface area contributed by atoms with Gasteiger partial charge in [-0.25, -0.2) is 29.1 Å². The highest BCUT2D eigenvalue weighted by atomic mass is 16.5. The molecule has 4 aromatic heterocycles. The lowest BCUT2D eigenvalue weighted by Crippen LogP contribution is -2.22. The fourth-order valence-electron chi connectivity index (χ4n) is 3.69. The van der Waals surface area contributed by atoms with Gasteiger partial charge in [0.1, 0.15) is 23.1 Å². The predicted octanol–water partition coefficient (Wildman–Crippen LogP) is 1.86. The zero-order chi connectivity index (χ0) is 26.0. The minimum atomic E-state index is -0.912. The Balaban J connectivity index is 2.28. The van der Waals surface area contributed by atoms with Crippen molar-refractivity contribution in [3.8, 4) is 0 Å². The second-order valence-electron chi connectivity index (χ2n) is 7.10. The number of hydrogen-bond acceptors (Lipinski definition) is 12. The first-order chi connectivity index (χ1) is 17.4. The number of esters is 4. The van der Waals surface area contributed by atoms with Crippen LogP contribution in [-0.2, 0) is 18.9 Å². The molecule has 0 fully saturated rings. The normalized spacial score (nSPS) is 11.1. The van der Waals surface area contributed by atoms with Crippen molar-refractivity contribution >= 4 is 51.7 Å². The van der Waals surface area contributed by atoms with Crippen LogP contribution < -0.4 is 0 Å². The van der Waals surface area contributed by atoms with E-state index in [2.05, 4.69) is 25.0 Å². The molecule has 0 spiro atoms. The summed E-state index contributed by atoms with van der Waals surface area (Å²) < 4.78 is 21.8. The van der Waals surface area contributed by atoms with E-state index in [1.807, 2.05) is 0 Å². The van der Waals surface area contributed by atoms with E-state index in [0.29, 0.717) is 0 Å². The van der Waals surface area contributed by atoms with Crippen molar-refractivity contribution in [3.63, 3.8) is 0 Å². The van der Waals surface area contributed by atoms with Gasteiger partial charge < -0.3 is 23.9 Å². The lowest BCUT2D eigenvalue weighted by molar-refractivity contribution is 0.0472. The Hall–Kier alpha value is -4.62. The Kier molecular flexibility index (Phi) is 6.76. The molecule has 0 aliphatic rings. The number of aromatic nitrogens is 6. The third kappa shape index (κ3) is 3.95. The number of nitrogens with zero attached hydrogens (tertiary/aromatic N) is 5. The average molecular weight is 498 g/mol. The van der Waals surface area contributed by atoms with E-state index >= 15 is 0 Å². The van der Waals surface area contributed by atoms with Crippen LogP contribution in [0.5, 0.6) is 0 Å². The number of ether oxygens (including phenoxy) is 4. The molecule has 0 saturated heterocycles. The van der Waals surface area contributed by atoms with Crippen LogP contribution in [0.15, 0.2) is 6.33 Å². The van der Waals surface area contributed by atoms with Gasteiger partial charge in [-0.1, -0.05) is 0 Å². The lowest BCUT2D eigenvalue weighted by atomic mass is 10.0. The summed E-state index contributed by atoms with van der Waals surface area (Å²) in [6.07, 6.45) is 1.20. The molecular weight excluding hydrogens is 476 g/mol. The summed E-state index contributed by atoms with van der Waals surface area (Å²) in [5.74, 6) is -3.59. The van der Waals surface area contributed by atoms with Crippen molar-refractivity contribution in [3.05, 3.63) is 28.8 Å². The van der Waals surface area contributed by atoms with E-state index < -0.39 is 23.9 Å². The first kappa shape index (κ1) is 24.5. The van der Waals surface area contributed by atoms with Crippen molar-refractivity contribution in [2.75, 3.05) is 26.4 Å². The maximum atomic E-state index is 13.1. The van der Waals surface area contributed by atoms with Gasteiger partial charge in [0, 0.05) is 0 Å². The van der Waals surface area contributed by atoms with Gasteiger partial charge in [0.15, 0.2) is 11.3 Å². The zero-order valence-corrected chi connectivity index (χ0v) is 19.9. The van der Waals surface area contributed by atoms with Gasteiger partial charge in [0.05, 0.1) is 42.8 Å². The van der Waals surface area contributed by atoms with Crippen molar-refractivity contribution in [2.24, 2.45) is 0 Å². The van der Waals surface area contributed by atoms with E-state index in [9.17, 15) is 19.2 Å². The van der Waals surface area contributed by atoms with Gasteiger partial charge in [0.25, 0.3) is 5.78 Å².